The van der Waals surface area contributed by atoms with E-state index in [4.69, 9.17) is 16.3 Å². The van der Waals surface area contributed by atoms with Crippen molar-refractivity contribution in [2.24, 2.45) is 0 Å². The predicted molar refractivity (Wildman–Crippen MR) is 76.4 cm³/mol. The topological polar surface area (TPSA) is 38.3 Å². The molecule has 98 valence electrons. The Hall–Kier alpha value is -0.870. The van der Waals surface area contributed by atoms with Crippen molar-refractivity contribution >= 4 is 35.0 Å². The second-order valence-corrected chi connectivity index (χ2v) is 6.03. The molecule has 0 heterocycles. The van der Waals surface area contributed by atoms with Crippen molar-refractivity contribution in [3.05, 3.63) is 29.3 Å². The molecule has 0 aliphatic heterocycles. The van der Waals surface area contributed by atoms with Crippen molar-refractivity contribution in [2.75, 3.05) is 18.7 Å². The van der Waals surface area contributed by atoms with Crippen LogP contribution in [-0.4, -0.2) is 30.1 Å². The third kappa shape index (κ3) is 2.75. The summed E-state index contributed by atoms with van der Waals surface area (Å²) in [5.41, 5.74) is 0.884. The third-order valence-corrected chi connectivity index (χ3v) is 4.98. The maximum absolute atomic E-state index is 11.9. The summed E-state index contributed by atoms with van der Waals surface area (Å²) in [6.07, 6.45) is 4.11. The van der Waals surface area contributed by atoms with Crippen molar-refractivity contribution in [2.45, 2.75) is 23.6 Å². The summed E-state index contributed by atoms with van der Waals surface area (Å²) in [6.45, 7) is 0. The molecule has 1 unspecified atom stereocenters. The first kappa shape index (κ1) is 13.6. The molecule has 1 aliphatic rings. The average Bonchev–Trinajstić information content (AvgIpc) is 3.18. The fraction of sp³-hybridized carbons (Fsp3) is 0.462. The zero-order valence-corrected chi connectivity index (χ0v) is 12.0. The maximum atomic E-state index is 11.9. The molecular formula is C13H16ClNO2S. The molecule has 1 saturated carbocycles. The number of halogens is 1. The van der Waals surface area contributed by atoms with E-state index < -0.39 is 0 Å². The summed E-state index contributed by atoms with van der Waals surface area (Å²) in [5.74, 6) is -0.211. The first-order valence-electron chi connectivity index (χ1n) is 5.76. The molecule has 1 aromatic rings. The Bertz CT molecular complexity index is 431. The van der Waals surface area contributed by atoms with Crippen LogP contribution in [-0.2, 0) is 9.53 Å². The number of benzene rings is 1. The molecule has 0 bridgehead atoms. The Balaban J connectivity index is 2.15. The quantitative estimate of drug-likeness (QED) is 0.843. The zero-order valence-electron chi connectivity index (χ0n) is 10.4. The number of thioether (sulfide) groups is 1. The number of carbonyl (C=O) groups excluding carboxylic acids is 1. The lowest BCUT2D eigenvalue weighted by Crippen LogP contribution is -2.41. The third-order valence-electron chi connectivity index (χ3n) is 3.27. The van der Waals surface area contributed by atoms with Crippen LogP contribution in [0.5, 0.6) is 0 Å². The molecule has 2 rings (SSSR count). The van der Waals surface area contributed by atoms with E-state index in [1.165, 1.54) is 7.11 Å². The van der Waals surface area contributed by atoms with E-state index >= 15 is 0 Å². The van der Waals surface area contributed by atoms with Crippen LogP contribution < -0.4 is 5.32 Å². The van der Waals surface area contributed by atoms with Crippen LogP contribution in [0.3, 0.4) is 0 Å². The highest BCUT2D eigenvalue weighted by Crippen LogP contribution is 2.51. The molecule has 1 N–H and O–H groups in total. The summed E-state index contributed by atoms with van der Waals surface area (Å²) < 4.78 is 4.87. The summed E-state index contributed by atoms with van der Waals surface area (Å²) in [5, 5.41) is 3.94. The second-order valence-electron chi connectivity index (χ2n) is 4.38. The minimum absolute atomic E-state index is 0.0211. The molecule has 0 spiro atoms. The van der Waals surface area contributed by atoms with E-state index in [-0.39, 0.29) is 16.8 Å². The van der Waals surface area contributed by atoms with Gasteiger partial charge in [0.2, 0.25) is 0 Å². The lowest BCUT2D eigenvalue weighted by Gasteiger charge is -2.25. The maximum Gasteiger partial charge on any atom is 0.329 e. The number of anilines is 1. The van der Waals surface area contributed by atoms with Gasteiger partial charge in [-0.1, -0.05) is 11.6 Å². The average molecular weight is 286 g/mol. The summed E-state index contributed by atoms with van der Waals surface area (Å²) in [6, 6.07) is 7.04. The van der Waals surface area contributed by atoms with Crippen molar-refractivity contribution < 1.29 is 9.53 Å². The van der Waals surface area contributed by atoms with Gasteiger partial charge in [0.05, 0.1) is 7.11 Å². The molecule has 0 radical (unpaired) electrons. The van der Waals surface area contributed by atoms with Crippen LogP contribution in [0, 0.1) is 0 Å². The van der Waals surface area contributed by atoms with Crippen molar-refractivity contribution in [3.8, 4) is 0 Å². The van der Waals surface area contributed by atoms with Crippen LogP contribution in [0.25, 0.3) is 0 Å². The monoisotopic (exact) mass is 285 g/mol. The molecule has 18 heavy (non-hydrogen) atoms. The van der Waals surface area contributed by atoms with Gasteiger partial charge in [-0.05, 0) is 43.4 Å². The number of rotatable bonds is 5. The van der Waals surface area contributed by atoms with Crippen LogP contribution in [0.2, 0.25) is 5.02 Å². The Morgan fingerprint density at radius 2 is 2.06 bits per heavy atom. The lowest BCUT2D eigenvalue weighted by atomic mass is 10.1. The largest absolute Gasteiger partial charge is 0.467 e. The smallest absolute Gasteiger partial charge is 0.329 e. The summed E-state index contributed by atoms with van der Waals surface area (Å²) >= 11 is 7.57. The first-order chi connectivity index (χ1) is 8.61. The SMILES string of the molecule is COC(=O)C(Nc1ccc(Cl)cc1)C1(SC)CC1. The van der Waals surface area contributed by atoms with Gasteiger partial charge in [-0.2, -0.15) is 11.8 Å². The van der Waals surface area contributed by atoms with Gasteiger partial charge in [0.25, 0.3) is 0 Å². The summed E-state index contributed by atoms with van der Waals surface area (Å²) in [7, 11) is 1.43. The number of methoxy groups -OCH3 is 1. The highest BCUT2D eigenvalue weighted by Gasteiger charge is 2.52. The zero-order chi connectivity index (χ0) is 13.2. The molecule has 5 heteroatoms. The number of nitrogens with one attached hydrogen (secondary N) is 1. The Morgan fingerprint density at radius 3 is 2.50 bits per heavy atom. The Kier molecular flexibility index (Phi) is 4.07. The fourth-order valence-electron chi connectivity index (χ4n) is 1.97. The predicted octanol–water partition coefficient (Wildman–Crippen LogP) is 3.19. The van der Waals surface area contributed by atoms with Crippen LogP contribution in [0.15, 0.2) is 24.3 Å². The number of hydrogen-bond donors (Lipinski definition) is 1. The highest BCUT2D eigenvalue weighted by atomic mass is 35.5. The molecule has 1 aliphatic carbocycles. The second kappa shape index (κ2) is 5.41. The highest BCUT2D eigenvalue weighted by molar-refractivity contribution is 8.00. The van der Waals surface area contributed by atoms with Gasteiger partial charge in [-0.3, -0.25) is 0 Å². The Morgan fingerprint density at radius 1 is 1.44 bits per heavy atom. The molecular weight excluding hydrogens is 270 g/mol. The van der Waals surface area contributed by atoms with Crippen molar-refractivity contribution in [1.82, 2.24) is 0 Å². The Labute approximate surface area is 116 Å². The normalized spacial score (nSPS) is 17.9. The van der Waals surface area contributed by atoms with Gasteiger partial charge in [0.15, 0.2) is 0 Å². The van der Waals surface area contributed by atoms with E-state index in [1.807, 2.05) is 18.4 Å². The van der Waals surface area contributed by atoms with Crippen LogP contribution >= 0.6 is 23.4 Å². The van der Waals surface area contributed by atoms with Gasteiger partial charge in [0.1, 0.15) is 6.04 Å². The lowest BCUT2D eigenvalue weighted by molar-refractivity contribution is -0.141. The van der Waals surface area contributed by atoms with Crippen molar-refractivity contribution in [3.63, 3.8) is 0 Å². The van der Waals surface area contributed by atoms with E-state index in [9.17, 15) is 4.79 Å². The molecule has 1 aromatic carbocycles. The van der Waals surface area contributed by atoms with E-state index in [0.717, 1.165) is 18.5 Å². The van der Waals surface area contributed by atoms with Gasteiger partial charge < -0.3 is 10.1 Å². The number of ether oxygens (including phenoxy) is 1. The van der Waals surface area contributed by atoms with E-state index in [0.29, 0.717) is 5.02 Å². The number of esters is 1. The van der Waals surface area contributed by atoms with Crippen LogP contribution in [0.1, 0.15) is 12.8 Å². The molecule has 0 aromatic heterocycles. The van der Waals surface area contributed by atoms with Gasteiger partial charge in [-0.25, -0.2) is 4.79 Å². The van der Waals surface area contributed by atoms with Crippen LogP contribution in [0.4, 0.5) is 5.69 Å². The standard InChI is InChI=1S/C13H16ClNO2S/c1-17-12(16)11(13(18-2)7-8-13)15-10-5-3-9(14)4-6-10/h3-6,11,15H,7-8H2,1-2H3. The van der Waals surface area contributed by atoms with Crippen molar-refractivity contribution in [1.29, 1.82) is 0 Å². The minimum atomic E-state index is -0.307. The molecule has 3 nitrogen and oxygen atoms in total. The minimum Gasteiger partial charge on any atom is -0.467 e. The van der Waals surface area contributed by atoms with Gasteiger partial charge in [0, 0.05) is 15.5 Å². The number of hydrogen-bond acceptors (Lipinski definition) is 4. The van der Waals surface area contributed by atoms with E-state index in [1.54, 1.807) is 23.9 Å². The van der Waals surface area contributed by atoms with Gasteiger partial charge in [-0.15, -0.1) is 0 Å². The number of carbonyl (C=O) groups is 1. The molecule has 1 fully saturated rings. The van der Waals surface area contributed by atoms with E-state index in [2.05, 4.69) is 5.32 Å². The van der Waals surface area contributed by atoms with Gasteiger partial charge >= 0.3 is 5.97 Å². The molecule has 0 saturated heterocycles. The summed E-state index contributed by atoms with van der Waals surface area (Å²) in [4.78, 5) is 11.9. The molecule has 0 amide bonds. The molecule has 1 atom stereocenters. The first-order valence-corrected chi connectivity index (χ1v) is 7.37. The fourth-order valence-corrected chi connectivity index (χ4v) is 3.00.